The van der Waals surface area contributed by atoms with Crippen molar-refractivity contribution in [1.82, 2.24) is 0 Å². The maximum atomic E-state index is 9.54. The molecule has 38 valence electrons. The van der Waals surface area contributed by atoms with Crippen LogP contribution in [0.2, 0.25) is 0 Å². The zero-order valence-corrected chi connectivity index (χ0v) is 4.43. The molecule has 0 heterocycles. The summed E-state index contributed by atoms with van der Waals surface area (Å²) in [7, 11) is 0. The first-order valence-corrected chi connectivity index (χ1v) is 2.06. The van der Waals surface area contributed by atoms with Crippen LogP contribution in [0.15, 0.2) is 5.18 Å². The summed E-state index contributed by atoms with van der Waals surface area (Å²) in [6, 6.07) is -0.343. The molecule has 0 aliphatic heterocycles. The van der Waals surface area contributed by atoms with Gasteiger partial charge in [0, 0.05) is 0 Å². The summed E-state index contributed by atoms with van der Waals surface area (Å²) in [6.07, 6.45) is 0. The van der Waals surface area contributed by atoms with Crippen LogP contribution in [0, 0.1) is 16.7 Å². The Morgan fingerprint density at radius 1 is 1.71 bits per heavy atom. The number of nitroso groups, excluding NO2 is 1. The van der Waals surface area contributed by atoms with Gasteiger partial charge in [-0.3, -0.25) is 0 Å². The standard InChI is InChI=1S/C5H7NO/c1-3-4-5(2)6-7/h5H,1-2H3. The number of nitrogens with zero attached hydrogens (tertiary/aromatic N) is 1. The Hall–Kier alpha value is -0.840. The van der Waals surface area contributed by atoms with Gasteiger partial charge in [0.15, 0.2) is 0 Å². The average molecular weight is 97.1 g/mol. The minimum Gasteiger partial charge on any atom is -0.149 e. The first-order valence-electron chi connectivity index (χ1n) is 2.06. The van der Waals surface area contributed by atoms with E-state index in [4.69, 9.17) is 0 Å². The fraction of sp³-hybridized carbons (Fsp3) is 0.600. The largest absolute Gasteiger partial charge is 0.149 e. The Morgan fingerprint density at radius 2 is 2.29 bits per heavy atom. The van der Waals surface area contributed by atoms with Crippen molar-refractivity contribution in [2.24, 2.45) is 5.18 Å². The smallest absolute Gasteiger partial charge is 0.149 e. The van der Waals surface area contributed by atoms with Gasteiger partial charge in [-0.2, -0.15) is 0 Å². The second kappa shape index (κ2) is 3.35. The van der Waals surface area contributed by atoms with E-state index in [-0.39, 0.29) is 6.04 Å². The van der Waals surface area contributed by atoms with Gasteiger partial charge < -0.3 is 0 Å². The topological polar surface area (TPSA) is 29.4 Å². The molecule has 0 aromatic carbocycles. The molecule has 0 aliphatic carbocycles. The lowest BCUT2D eigenvalue weighted by Crippen LogP contribution is -1.87. The first kappa shape index (κ1) is 6.16. The average Bonchev–Trinajstić information content (AvgIpc) is 1.68. The first-order chi connectivity index (χ1) is 3.31. The minimum absolute atomic E-state index is 0.343. The highest BCUT2D eigenvalue weighted by Crippen LogP contribution is 1.81. The summed E-state index contributed by atoms with van der Waals surface area (Å²) in [5.74, 6) is 5.14. The molecule has 0 N–H and O–H groups in total. The van der Waals surface area contributed by atoms with Crippen molar-refractivity contribution in [3.8, 4) is 11.8 Å². The van der Waals surface area contributed by atoms with Gasteiger partial charge in [0.05, 0.1) is 0 Å². The molecule has 0 bridgehead atoms. The lowest BCUT2D eigenvalue weighted by Gasteiger charge is -1.80. The van der Waals surface area contributed by atoms with Crippen molar-refractivity contribution < 1.29 is 0 Å². The molecule has 1 atom stereocenters. The Kier molecular flexibility index (Phi) is 2.95. The van der Waals surface area contributed by atoms with Gasteiger partial charge in [0.1, 0.15) is 6.04 Å². The maximum Gasteiger partial charge on any atom is 0.149 e. The zero-order chi connectivity index (χ0) is 5.70. The van der Waals surface area contributed by atoms with Gasteiger partial charge in [0.25, 0.3) is 0 Å². The second-order valence-electron chi connectivity index (χ2n) is 1.18. The van der Waals surface area contributed by atoms with Gasteiger partial charge in [-0.05, 0) is 13.8 Å². The fourth-order valence-corrected chi connectivity index (χ4v) is 0.235. The molecule has 2 nitrogen and oxygen atoms in total. The third kappa shape index (κ3) is 2.98. The van der Waals surface area contributed by atoms with Crippen LogP contribution in [-0.2, 0) is 0 Å². The molecule has 0 aliphatic rings. The Balaban J connectivity index is 3.49. The van der Waals surface area contributed by atoms with Crippen molar-refractivity contribution in [3.05, 3.63) is 4.91 Å². The van der Waals surface area contributed by atoms with E-state index >= 15 is 0 Å². The van der Waals surface area contributed by atoms with Crippen LogP contribution in [0.1, 0.15) is 13.8 Å². The third-order valence-electron chi connectivity index (χ3n) is 0.511. The summed E-state index contributed by atoms with van der Waals surface area (Å²) >= 11 is 0. The molecule has 0 aromatic heterocycles. The highest BCUT2D eigenvalue weighted by Gasteiger charge is 1.87. The van der Waals surface area contributed by atoms with Crippen molar-refractivity contribution in [1.29, 1.82) is 0 Å². The molecule has 0 fully saturated rings. The Bertz CT molecular complexity index is 109. The molecule has 0 saturated heterocycles. The van der Waals surface area contributed by atoms with E-state index in [9.17, 15) is 4.91 Å². The molecule has 0 amide bonds. The van der Waals surface area contributed by atoms with Gasteiger partial charge >= 0.3 is 0 Å². The van der Waals surface area contributed by atoms with Crippen LogP contribution in [0.3, 0.4) is 0 Å². The van der Waals surface area contributed by atoms with Crippen LogP contribution in [-0.4, -0.2) is 6.04 Å². The molecule has 0 rings (SSSR count). The predicted octanol–water partition coefficient (Wildman–Crippen LogP) is 1.16. The molecular weight excluding hydrogens is 90.1 g/mol. The van der Waals surface area contributed by atoms with Crippen LogP contribution < -0.4 is 0 Å². The maximum absolute atomic E-state index is 9.54. The molecular formula is C5H7NO. The van der Waals surface area contributed by atoms with Crippen molar-refractivity contribution in [3.63, 3.8) is 0 Å². The Morgan fingerprint density at radius 3 is 2.43 bits per heavy atom. The summed E-state index contributed by atoms with van der Waals surface area (Å²) in [5, 5.41) is 2.65. The summed E-state index contributed by atoms with van der Waals surface area (Å²) in [4.78, 5) is 9.54. The zero-order valence-electron chi connectivity index (χ0n) is 4.43. The predicted molar refractivity (Wildman–Crippen MR) is 28.7 cm³/mol. The highest BCUT2D eigenvalue weighted by molar-refractivity contribution is 5.03. The van der Waals surface area contributed by atoms with Crippen LogP contribution in [0.4, 0.5) is 0 Å². The molecule has 1 unspecified atom stereocenters. The summed E-state index contributed by atoms with van der Waals surface area (Å²) in [5.41, 5.74) is 0. The summed E-state index contributed by atoms with van der Waals surface area (Å²) in [6.45, 7) is 3.34. The van der Waals surface area contributed by atoms with E-state index in [2.05, 4.69) is 17.0 Å². The normalized spacial score (nSPS) is 11.1. The van der Waals surface area contributed by atoms with E-state index in [1.165, 1.54) is 0 Å². The molecule has 0 saturated carbocycles. The van der Waals surface area contributed by atoms with E-state index in [1.54, 1.807) is 13.8 Å². The number of hydrogen-bond donors (Lipinski definition) is 0. The highest BCUT2D eigenvalue weighted by atomic mass is 16.3. The van der Waals surface area contributed by atoms with E-state index in [0.29, 0.717) is 0 Å². The molecule has 7 heavy (non-hydrogen) atoms. The van der Waals surface area contributed by atoms with Crippen LogP contribution in [0.25, 0.3) is 0 Å². The van der Waals surface area contributed by atoms with E-state index < -0.39 is 0 Å². The lowest BCUT2D eigenvalue weighted by molar-refractivity contribution is 0.947. The van der Waals surface area contributed by atoms with Crippen LogP contribution >= 0.6 is 0 Å². The quantitative estimate of drug-likeness (QED) is 0.356. The molecule has 2 heteroatoms. The molecule has 0 spiro atoms. The van der Waals surface area contributed by atoms with Crippen LogP contribution in [0.5, 0.6) is 0 Å². The van der Waals surface area contributed by atoms with Gasteiger partial charge in [-0.15, -0.1) is 10.8 Å². The van der Waals surface area contributed by atoms with Gasteiger partial charge in [0.2, 0.25) is 0 Å². The Labute approximate surface area is 42.9 Å². The minimum atomic E-state index is -0.343. The molecule has 0 radical (unpaired) electrons. The molecule has 0 aromatic rings. The SMILES string of the molecule is CC#CC(C)N=O. The second-order valence-corrected chi connectivity index (χ2v) is 1.18. The number of rotatable bonds is 1. The third-order valence-corrected chi connectivity index (χ3v) is 0.511. The van der Waals surface area contributed by atoms with Gasteiger partial charge in [-0.25, -0.2) is 0 Å². The monoisotopic (exact) mass is 97.1 g/mol. The van der Waals surface area contributed by atoms with Crippen molar-refractivity contribution in [2.75, 3.05) is 0 Å². The van der Waals surface area contributed by atoms with Crippen molar-refractivity contribution in [2.45, 2.75) is 19.9 Å². The van der Waals surface area contributed by atoms with E-state index in [1.807, 2.05) is 0 Å². The number of hydrogen-bond acceptors (Lipinski definition) is 2. The van der Waals surface area contributed by atoms with E-state index in [0.717, 1.165) is 0 Å². The summed E-state index contributed by atoms with van der Waals surface area (Å²) < 4.78 is 0. The fourth-order valence-electron chi connectivity index (χ4n) is 0.235. The van der Waals surface area contributed by atoms with Crippen molar-refractivity contribution >= 4 is 0 Å². The van der Waals surface area contributed by atoms with Gasteiger partial charge in [-0.1, -0.05) is 11.1 Å². The lowest BCUT2D eigenvalue weighted by atomic mass is 10.4.